The van der Waals surface area contributed by atoms with Crippen LogP contribution in [0.25, 0.3) is 0 Å². The molecule has 5 nitrogen and oxygen atoms in total. The van der Waals surface area contributed by atoms with Gasteiger partial charge in [0.05, 0.1) is 26.4 Å². The molecule has 1 aliphatic heterocycles. The lowest BCUT2D eigenvalue weighted by Crippen LogP contribution is -2.31. The SMILES string of the molecule is COc1cc(OC)c2c(c1)[C@H](OC(C)=O)[C@@H](C)O[C@H]2C. The van der Waals surface area contributed by atoms with Crippen molar-refractivity contribution in [1.29, 1.82) is 0 Å². The summed E-state index contributed by atoms with van der Waals surface area (Å²) in [5.41, 5.74) is 1.78. The predicted octanol–water partition coefficient (Wildman–Crippen LogP) is 2.79. The lowest BCUT2D eigenvalue weighted by atomic mass is 9.91. The average molecular weight is 280 g/mol. The van der Waals surface area contributed by atoms with Crippen LogP contribution < -0.4 is 9.47 Å². The van der Waals surface area contributed by atoms with Gasteiger partial charge in [0.2, 0.25) is 0 Å². The summed E-state index contributed by atoms with van der Waals surface area (Å²) in [6.07, 6.45) is -0.812. The van der Waals surface area contributed by atoms with Gasteiger partial charge in [0.1, 0.15) is 11.5 Å². The first-order valence-corrected chi connectivity index (χ1v) is 6.56. The van der Waals surface area contributed by atoms with Gasteiger partial charge in [0, 0.05) is 24.1 Å². The quantitative estimate of drug-likeness (QED) is 0.797. The summed E-state index contributed by atoms with van der Waals surface area (Å²) in [4.78, 5) is 11.3. The highest BCUT2D eigenvalue weighted by Gasteiger charge is 2.36. The van der Waals surface area contributed by atoms with Gasteiger partial charge in [-0.25, -0.2) is 0 Å². The van der Waals surface area contributed by atoms with Crippen LogP contribution in [0.3, 0.4) is 0 Å². The summed E-state index contributed by atoms with van der Waals surface area (Å²) in [6, 6.07) is 3.68. The van der Waals surface area contributed by atoms with E-state index in [4.69, 9.17) is 18.9 Å². The molecule has 0 aromatic heterocycles. The standard InChI is InChI=1S/C15H20O5/c1-8-14-12(6-11(17-4)7-13(14)18-5)15(9(2)19-8)20-10(3)16/h6-9,15H,1-5H3/t8-,9+,15+/m0/s1. The number of carbonyl (C=O) groups is 1. The van der Waals surface area contributed by atoms with Gasteiger partial charge in [-0.05, 0) is 19.9 Å². The molecule has 3 atom stereocenters. The lowest BCUT2D eigenvalue weighted by molar-refractivity contribution is -0.161. The number of hydrogen-bond acceptors (Lipinski definition) is 5. The third kappa shape index (κ3) is 2.58. The molecule has 0 bridgehead atoms. The number of benzene rings is 1. The topological polar surface area (TPSA) is 54.0 Å². The molecule has 0 amide bonds. The minimum absolute atomic E-state index is 0.132. The van der Waals surface area contributed by atoms with Crippen molar-refractivity contribution in [1.82, 2.24) is 0 Å². The van der Waals surface area contributed by atoms with E-state index < -0.39 is 6.10 Å². The van der Waals surface area contributed by atoms with E-state index in [-0.39, 0.29) is 18.2 Å². The van der Waals surface area contributed by atoms with Crippen molar-refractivity contribution in [2.75, 3.05) is 14.2 Å². The van der Waals surface area contributed by atoms with Gasteiger partial charge in [-0.2, -0.15) is 0 Å². The zero-order chi connectivity index (χ0) is 14.9. The number of methoxy groups -OCH3 is 2. The van der Waals surface area contributed by atoms with E-state index in [9.17, 15) is 4.79 Å². The Morgan fingerprint density at radius 3 is 2.45 bits per heavy atom. The Morgan fingerprint density at radius 1 is 1.20 bits per heavy atom. The summed E-state index contributed by atoms with van der Waals surface area (Å²) < 4.78 is 21.9. The predicted molar refractivity (Wildman–Crippen MR) is 73.0 cm³/mol. The van der Waals surface area contributed by atoms with Gasteiger partial charge in [-0.15, -0.1) is 0 Å². The maximum absolute atomic E-state index is 11.3. The van der Waals surface area contributed by atoms with Crippen LogP contribution in [0.1, 0.15) is 44.1 Å². The number of hydrogen-bond donors (Lipinski definition) is 0. The Balaban J connectivity index is 2.57. The summed E-state index contributed by atoms with van der Waals surface area (Å²) in [5.74, 6) is 1.00. The minimum Gasteiger partial charge on any atom is -0.497 e. The van der Waals surface area contributed by atoms with Gasteiger partial charge < -0.3 is 18.9 Å². The Morgan fingerprint density at radius 2 is 1.90 bits per heavy atom. The Kier molecular flexibility index (Phi) is 4.18. The largest absolute Gasteiger partial charge is 0.497 e. The smallest absolute Gasteiger partial charge is 0.303 e. The third-order valence-electron chi connectivity index (χ3n) is 3.45. The first-order valence-electron chi connectivity index (χ1n) is 6.56. The number of esters is 1. The molecule has 0 unspecified atom stereocenters. The van der Waals surface area contributed by atoms with E-state index in [1.165, 1.54) is 6.92 Å². The molecule has 20 heavy (non-hydrogen) atoms. The van der Waals surface area contributed by atoms with Gasteiger partial charge in [-0.1, -0.05) is 0 Å². The molecule has 1 aromatic carbocycles. The molecule has 1 heterocycles. The highest BCUT2D eigenvalue weighted by molar-refractivity contribution is 5.66. The van der Waals surface area contributed by atoms with Gasteiger partial charge in [-0.3, -0.25) is 4.79 Å². The van der Waals surface area contributed by atoms with E-state index in [0.717, 1.165) is 11.1 Å². The third-order valence-corrected chi connectivity index (χ3v) is 3.45. The van der Waals surface area contributed by atoms with Crippen LogP contribution in [0.2, 0.25) is 0 Å². The highest BCUT2D eigenvalue weighted by Crippen LogP contribution is 2.44. The van der Waals surface area contributed by atoms with Crippen LogP contribution in [0.4, 0.5) is 0 Å². The van der Waals surface area contributed by atoms with Crippen molar-refractivity contribution in [2.24, 2.45) is 0 Å². The van der Waals surface area contributed by atoms with Crippen molar-refractivity contribution in [3.63, 3.8) is 0 Å². The second-order valence-electron chi connectivity index (χ2n) is 4.85. The highest BCUT2D eigenvalue weighted by atomic mass is 16.6. The molecule has 2 rings (SSSR count). The molecular weight excluding hydrogens is 260 g/mol. The monoisotopic (exact) mass is 280 g/mol. The summed E-state index contributed by atoms with van der Waals surface area (Å²) >= 11 is 0. The van der Waals surface area contributed by atoms with Crippen molar-refractivity contribution in [2.45, 2.75) is 39.1 Å². The van der Waals surface area contributed by atoms with E-state index in [0.29, 0.717) is 11.5 Å². The molecule has 0 saturated heterocycles. The van der Waals surface area contributed by atoms with Gasteiger partial charge in [0.25, 0.3) is 0 Å². The van der Waals surface area contributed by atoms with Crippen molar-refractivity contribution < 1.29 is 23.7 Å². The first-order chi connectivity index (χ1) is 9.47. The summed E-state index contributed by atoms with van der Waals surface area (Å²) in [5, 5.41) is 0. The zero-order valence-electron chi connectivity index (χ0n) is 12.4. The zero-order valence-corrected chi connectivity index (χ0v) is 12.4. The van der Waals surface area contributed by atoms with E-state index >= 15 is 0 Å². The van der Waals surface area contributed by atoms with Crippen molar-refractivity contribution in [3.05, 3.63) is 23.3 Å². The Hall–Kier alpha value is -1.75. The van der Waals surface area contributed by atoms with E-state index in [1.807, 2.05) is 19.9 Å². The second kappa shape index (κ2) is 5.71. The molecule has 1 aromatic rings. The number of ether oxygens (including phenoxy) is 4. The molecule has 110 valence electrons. The molecule has 0 spiro atoms. The van der Waals surface area contributed by atoms with Crippen molar-refractivity contribution >= 4 is 5.97 Å². The van der Waals surface area contributed by atoms with Gasteiger partial charge in [0.15, 0.2) is 6.10 Å². The van der Waals surface area contributed by atoms with Crippen LogP contribution in [-0.4, -0.2) is 26.3 Å². The minimum atomic E-state index is -0.456. The average Bonchev–Trinajstić information content (AvgIpc) is 2.41. The van der Waals surface area contributed by atoms with E-state index in [2.05, 4.69) is 0 Å². The second-order valence-corrected chi connectivity index (χ2v) is 4.85. The van der Waals surface area contributed by atoms with Crippen LogP contribution in [0.15, 0.2) is 12.1 Å². The summed E-state index contributed by atoms with van der Waals surface area (Å²) in [7, 11) is 3.19. The maximum atomic E-state index is 11.3. The fourth-order valence-electron chi connectivity index (χ4n) is 2.63. The first kappa shape index (κ1) is 14.7. The maximum Gasteiger partial charge on any atom is 0.303 e. The van der Waals surface area contributed by atoms with Crippen LogP contribution in [0, 0.1) is 0 Å². The number of fused-ring (bicyclic) bond motifs is 1. The fourth-order valence-corrected chi connectivity index (χ4v) is 2.63. The number of rotatable bonds is 3. The van der Waals surface area contributed by atoms with Crippen LogP contribution in [0.5, 0.6) is 11.5 Å². The Labute approximate surface area is 118 Å². The molecular formula is C15H20O5. The van der Waals surface area contributed by atoms with Crippen molar-refractivity contribution in [3.8, 4) is 11.5 Å². The Bertz CT molecular complexity index is 511. The van der Waals surface area contributed by atoms with E-state index in [1.54, 1.807) is 20.3 Å². The fraction of sp³-hybridized carbons (Fsp3) is 0.533. The molecule has 0 aliphatic carbocycles. The number of carbonyl (C=O) groups excluding carboxylic acids is 1. The van der Waals surface area contributed by atoms with Crippen LogP contribution in [-0.2, 0) is 14.3 Å². The molecule has 0 fully saturated rings. The summed E-state index contributed by atoms with van der Waals surface area (Å²) in [6.45, 7) is 5.23. The molecule has 5 heteroatoms. The molecule has 0 radical (unpaired) electrons. The molecule has 0 saturated carbocycles. The normalized spacial score (nSPS) is 24.8. The van der Waals surface area contributed by atoms with Gasteiger partial charge >= 0.3 is 5.97 Å². The van der Waals surface area contributed by atoms with Crippen LogP contribution >= 0.6 is 0 Å². The molecule has 1 aliphatic rings. The molecule has 0 N–H and O–H groups in total. The lowest BCUT2D eigenvalue weighted by Gasteiger charge is -2.35.